The Bertz CT molecular complexity index is 4570. The molecule has 0 aromatic heterocycles. The van der Waals surface area contributed by atoms with Crippen molar-refractivity contribution >= 4 is 82.9 Å². The highest BCUT2D eigenvalue weighted by atomic mass is 32.2. The van der Waals surface area contributed by atoms with Gasteiger partial charge >= 0.3 is 0 Å². The Morgan fingerprint density at radius 2 is 1.58 bits per heavy atom. The lowest BCUT2D eigenvalue weighted by Gasteiger charge is -2.32. The summed E-state index contributed by atoms with van der Waals surface area (Å²) >= 11 is 1.60. The third kappa shape index (κ3) is 19.8. The minimum absolute atomic E-state index is 0.0529. The summed E-state index contributed by atoms with van der Waals surface area (Å²) < 4.78 is 72.0. The van der Waals surface area contributed by atoms with E-state index in [-0.39, 0.29) is 66.3 Å². The minimum atomic E-state index is -4.15. The topological polar surface area (TPSA) is 290 Å². The van der Waals surface area contributed by atoms with Crippen LogP contribution in [-0.4, -0.2) is 122 Å². The molecule has 556 valence electrons. The summed E-state index contributed by atoms with van der Waals surface area (Å²) in [4.78, 5) is 38.8. The third-order valence-electron chi connectivity index (χ3n) is 20.8. The van der Waals surface area contributed by atoms with E-state index in [1.807, 2.05) is 69.3 Å². The number of carbonyl (C=O) groups excluding carboxylic acids is 1. The Morgan fingerprint density at radius 3 is 2.32 bits per heavy atom. The number of nitrogens with zero attached hydrogens (tertiary/aromatic N) is 5. The number of aliphatic imine (C=N–C) groups is 4. The molecule has 8 bridgehead atoms. The molecule has 3 aromatic rings. The number of rotatable bonds is 34. The van der Waals surface area contributed by atoms with Crippen LogP contribution in [0, 0.1) is 24.7 Å². The van der Waals surface area contributed by atoms with Crippen LogP contribution in [0.4, 0.5) is 11.4 Å². The molecular weight excluding hydrogens is 1370 g/mol. The standard InChI is InChI=1S/C82H105N9O10S3/c1-11-13-14-19-41-101-57(10)77-55(8)70-47-69-53(6)66(79(89-69)67-46-75(92)78-56(9)71(90-80(67)78)48-72-64(12-2)52(5)68(87-72)49-73(77)88-70)34-36-76(93)85-38-22-39-86-82(94)61-44-59(27-25-50(3)84-37-17-20-42-103(95,96)97)81(102-63-32-30-62(83)31-33-63)60(45-61)28-26-51(4)91(40-18-21-43-104(98,99)100)74-35-29-58-23-15-16-24-65(58)54(74)7/h15-16,23-33,35,47-49,53,57,61,66,82,86,89,92,94H,11-14,17-22,34,36-46,83H2,1-10H3,(H,85,93)(H,95,96,97)(H,98,99,100)/b27-25+,51-26+,60-28+,69-47?,72-48?,73-49?,79-67?,84-50?/t53-,57?,61?,66+,82?/m1/s1. The summed E-state index contributed by atoms with van der Waals surface area (Å²) in [6, 6.07) is 20.1. The highest BCUT2D eigenvalue weighted by Gasteiger charge is 2.42. The Kier molecular flexibility index (Phi) is 26.9. The molecule has 7 aliphatic rings. The zero-order chi connectivity index (χ0) is 74.6. The molecule has 3 aromatic carbocycles. The predicted octanol–water partition coefficient (Wildman–Crippen LogP) is 16.0. The molecule has 19 nitrogen and oxygen atoms in total. The average molecular weight is 1470 g/mol. The highest BCUT2D eigenvalue weighted by molar-refractivity contribution is 8.03. The number of carbonyl (C=O) groups is 1. The smallest absolute Gasteiger partial charge is 0.264 e. The van der Waals surface area contributed by atoms with Crippen molar-refractivity contribution in [3.63, 3.8) is 0 Å². The summed E-state index contributed by atoms with van der Waals surface area (Å²) in [5, 5.41) is 36.7. The van der Waals surface area contributed by atoms with Gasteiger partial charge in [-0.1, -0.05) is 94.3 Å². The SMILES string of the molecule is CCCCCCOC(C)C1=C(C)C2=NC1=CC1=NC(=CC3=C(C)C4=C(O)CC(=C5NC(=C2)[C@H](C)[C@@H]5CCC(=O)NCCCNC(O)C2CC(/C=C/C(C)=NCCCCS(=O)(=O)O)=C(Sc5ccc(N)cc5)C(=C/C=C(\C)N(CCCCS(=O)(=O)O)c5ccc6ccccc6c5C)/C2)C4=N3)C(CC)=C1C. The Morgan fingerprint density at radius 1 is 0.846 bits per heavy atom. The van der Waals surface area contributed by atoms with Crippen molar-refractivity contribution < 1.29 is 45.7 Å². The van der Waals surface area contributed by atoms with Crippen molar-refractivity contribution in [2.45, 2.75) is 183 Å². The number of nitrogens with two attached hydrogens (primary N) is 1. The summed E-state index contributed by atoms with van der Waals surface area (Å²) in [7, 11) is -8.24. The molecule has 104 heavy (non-hydrogen) atoms. The van der Waals surface area contributed by atoms with Crippen LogP contribution in [0.1, 0.15) is 164 Å². The molecule has 1 saturated heterocycles. The van der Waals surface area contributed by atoms with Gasteiger partial charge in [0, 0.05) is 118 Å². The molecule has 9 N–H and O–H groups in total. The van der Waals surface area contributed by atoms with Crippen molar-refractivity contribution in [3.05, 3.63) is 204 Å². The number of thioether (sulfide) groups is 1. The second-order valence-electron chi connectivity index (χ2n) is 28.4. The van der Waals surface area contributed by atoms with Gasteiger partial charge in [-0.25, -0.2) is 15.0 Å². The largest absolute Gasteiger partial charge is 0.511 e. The Balaban J connectivity index is 0.875. The molecule has 2 aliphatic carbocycles. The van der Waals surface area contributed by atoms with Crippen LogP contribution < -0.4 is 26.6 Å². The number of ether oxygens (including phenoxy) is 1. The normalized spacial score (nSPS) is 20.5. The first kappa shape index (κ1) is 78.8. The summed E-state index contributed by atoms with van der Waals surface area (Å²) in [5.41, 5.74) is 26.1. The van der Waals surface area contributed by atoms with E-state index in [0.29, 0.717) is 83.4 Å². The number of amides is 1. The number of fused-ring (bicyclic) bond motifs is 6. The van der Waals surface area contributed by atoms with Gasteiger partial charge in [0.05, 0.1) is 51.8 Å². The van der Waals surface area contributed by atoms with Gasteiger partial charge in [-0.05, 0) is 230 Å². The van der Waals surface area contributed by atoms with Crippen LogP contribution >= 0.6 is 11.8 Å². The van der Waals surface area contributed by atoms with E-state index in [9.17, 15) is 40.9 Å². The second-order valence-corrected chi connectivity index (χ2v) is 32.6. The summed E-state index contributed by atoms with van der Waals surface area (Å²) in [6.07, 6.45) is 22.6. The summed E-state index contributed by atoms with van der Waals surface area (Å²) in [6.45, 7) is 23.2. The van der Waals surface area contributed by atoms with Gasteiger partial charge in [-0.2, -0.15) is 16.8 Å². The maximum atomic E-state index is 14.1. The van der Waals surface area contributed by atoms with Gasteiger partial charge in [-0.15, -0.1) is 0 Å². The van der Waals surface area contributed by atoms with E-state index in [1.165, 1.54) is 6.42 Å². The van der Waals surface area contributed by atoms with Gasteiger partial charge in [-0.3, -0.25) is 24.2 Å². The first-order valence-electron chi connectivity index (χ1n) is 37.0. The molecular formula is C82H105N9O10S3. The fourth-order valence-electron chi connectivity index (χ4n) is 14.9. The number of allylic oxidation sites excluding steroid dienone is 18. The van der Waals surface area contributed by atoms with Crippen molar-refractivity contribution in [3.8, 4) is 0 Å². The van der Waals surface area contributed by atoms with E-state index in [0.717, 1.165) is 165 Å². The van der Waals surface area contributed by atoms with Crippen LogP contribution in [-0.2, 0) is 29.8 Å². The number of aryl methyl sites for hydroxylation is 1. The number of hydrogen-bond acceptors (Lipinski definition) is 17. The molecule has 22 heteroatoms. The molecule has 1 fully saturated rings. The molecule has 1 amide bonds. The maximum Gasteiger partial charge on any atom is 0.264 e. The van der Waals surface area contributed by atoms with E-state index in [2.05, 4.69) is 124 Å². The molecule has 0 radical (unpaired) electrons. The third-order valence-corrected chi connectivity index (χ3v) is 23.7. The Hall–Kier alpha value is -7.80. The monoisotopic (exact) mass is 1470 g/mol. The van der Waals surface area contributed by atoms with Crippen LogP contribution in [0.2, 0.25) is 0 Å². The van der Waals surface area contributed by atoms with Crippen LogP contribution in [0.25, 0.3) is 10.8 Å². The van der Waals surface area contributed by atoms with E-state index >= 15 is 0 Å². The fraction of sp³-hybridized carbons (Fsp3) is 0.451. The number of benzene rings is 3. The Labute approximate surface area is 620 Å². The number of unbranched alkanes of at least 4 members (excludes halogenated alkanes) is 5. The number of nitrogen functional groups attached to an aromatic ring is 1. The van der Waals surface area contributed by atoms with Crippen LogP contribution in [0.5, 0.6) is 0 Å². The molecule has 0 saturated carbocycles. The van der Waals surface area contributed by atoms with Crippen molar-refractivity contribution in [1.82, 2.24) is 16.0 Å². The first-order valence-corrected chi connectivity index (χ1v) is 41.0. The van der Waals surface area contributed by atoms with Crippen LogP contribution in [0.3, 0.4) is 0 Å². The zero-order valence-corrected chi connectivity index (χ0v) is 64.5. The van der Waals surface area contributed by atoms with E-state index in [4.69, 9.17) is 30.4 Å². The number of nitrogens with one attached hydrogen (secondary N) is 3. The average Bonchev–Trinajstić information content (AvgIpc) is 1.58. The number of aliphatic hydroxyl groups is 2. The minimum Gasteiger partial charge on any atom is -0.511 e. The molecule has 5 heterocycles. The molecule has 3 unspecified atom stereocenters. The fourth-order valence-corrected chi connectivity index (χ4v) is 17.1. The predicted molar refractivity (Wildman–Crippen MR) is 425 cm³/mol. The molecule has 0 spiro atoms. The lowest BCUT2D eigenvalue weighted by atomic mass is 9.83. The van der Waals surface area contributed by atoms with Crippen molar-refractivity contribution in [2.24, 2.45) is 37.7 Å². The second kappa shape index (κ2) is 35.5. The number of aliphatic hydroxyl groups excluding tert-OH is 2. The van der Waals surface area contributed by atoms with Gasteiger partial charge in [0.1, 0.15) is 12.0 Å². The van der Waals surface area contributed by atoms with E-state index < -0.39 is 26.5 Å². The van der Waals surface area contributed by atoms with Crippen molar-refractivity contribution in [2.75, 3.05) is 54.9 Å². The first-order chi connectivity index (χ1) is 49.7. The maximum absolute atomic E-state index is 14.1. The van der Waals surface area contributed by atoms with E-state index in [1.54, 1.807) is 11.8 Å². The number of hydrogen-bond donors (Lipinski definition) is 8. The van der Waals surface area contributed by atoms with Crippen LogP contribution in [0.15, 0.2) is 223 Å². The highest BCUT2D eigenvalue weighted by Crippen LogP contribution is 2.48. The van der Waals surface area contributed by atoms with Gasteiger partial charge in [0.2, 0.25) is 5.91 Å². The van der Waals surface area contributed by atoms with Gasteiger partial charge in [0.15, 0.2) is 0 Å². The van der Waals surface area contributed by atoms with Gasteiger partial charge in [0.25, 0.3) is 20.2 Å². The number of anilines is 2. The lowest BCUT2D eigenvalue weighted by Crippen LogP contribution is -2.39. The summed E-state index contributed by atoms with van der Waals surface area (Å²) in [5.74, 6) is -0.974. The molecule has 5 atom stereocenters. The van der Waals surface area contributed by atoms with Crippen molar-refractivity contribution in [1.29, 1.82) is 0 Å². The molecule has 10 rings (SSSR count). The lowest BCUT2D eigenvalue weighted by molar-refractivity contribution is -0.121. The van der Waals surface area contributed by atoms with Gasteiger partial charge < -0.3 is 36.2 Å². The quantitative estimate of drug-likeness (QED) is 0.00907. The molecule has 5 aliphatic heterocycles. The zero-order valence-electron chi connectivity index (χ0n) is 62.0.